The number of alkyl halides is 3. The molecule has 0 spiro atoms. The topological polar surface area (TPSA) is 92.4 Å². The van der Waals surface area contributed by atoms with Crippen LogP contribution in [0.3, 0.4) is 0 Å². The first-order valence-electron chi connectivity index (χ1n) is 11.0. The number of nitrogens with zero attached hydrogens (tertiary/aromatic N) is 4. The number of aromatic nitrogens is 3. The van der Waals surface area contributed by atoms with Crippen molar-refractivity contribution >= 4 is 12.0 Å². The average Bonchev–Trinajstić information content (AvgIpc) is 3.29. The molecule has 0 saturated heterocycles. The smallest absolute Gasteiger partial charge is 0.417 e. The van der Waals surface area contributed by atoms with Gasteiger partial charge in [0.2, 0.25) is 0 Å². The fraction of sp³-hybridized carbons (Fsp3) is 0.160. The molecule has 0 aliphatic carbocycles. The van der Waals surface area contributed by atoms with Crippen LogP contribution in [0.5, 0.6) is 5.75 Å². The predicted octanol–water partition coefficient (Wildman–Crippen LogP) is 5.38. The summed E-state index contributed by atoms with van der Waals surface area (Å²) in [6, 6.07) is 10.5. The SMILES string of the molecule is COc1ccc(-c2ccc(CN3Cc4nc(-c5cccc(F)c5F)[nH]c4C=N3)c(N)n2)c(C(F)(F)F)c1. The van der Waals surface area contributed by atoms with Gasteiger partial charge in [-0.2, -0.15) is 18.3 Å². The second-order valence-corrected chi connectivity index (χ2v) is 8.26. The Bertz CT molecular complexity index is 1510. The number of fused-ring (bicyclic) bond motifs is 1. The number of nitrogen functional groups attached to an aromatic ring is 1. The number of ether oxygens (including phenoxy) is 1. The zero-order chi connectivity index (χ0) is 26.3. The largest absolute Gasteiger partial charge is 0.497 e. The van der Waals surface area contributed by atoms with E-state index in [1.807, 2.05) is 0 Å². The lowest BCUT2D eigenvalue weighted by molar-refractivity contribution is -0.137. The second kappa shape index (κ2) is 9.19. The molecule has 0 atom stereocenters. The van der Waals surface area contributed by atoms with Gasteiger partial charge in [0, 0.05) is 11.1 Å². The summed E-state index contributed by atoms with van der Waals surface area (Å²) in [5, 5.41) is 5.95. The van der Waals surface area contributed by atoms with E-state index < -0.39 is 23.4 Å². The molecular weight excluding hydrogens is 495 g/mol. The van der Waals surface area contributed by atoms with Gasteiger partial charge in [-0.05, 0) is 36.4 Å². The second-order valence-electron chi connectivity index (χ2n) is 8.26. The zero-order valence-electron chi connectivity index (χ0n) is 19.3. The maximum absolute atomic E-state index is 14.2. The van der Waals surface area contributed by atoms with E-state index in [-0.39, 0.29) is 47.3 Å². The number of rotatable bonds is 5. The van der Waals surface area contributed by atoms with E-state index in [4.69, 9.17) is 10.5 Å². The van der Waals surface area contributed by atoms with E-state index in [2.05, 4.69) is 20.1 Å². The molecule has 0 bridgehead atoms. The van der Waals surface area contributed by atoms with Gasteiger partial charge in [-0.3, -0.25) is 5.01 Å². The Morgan fingerprint density at radius 2 is 1.86 bits per heavy atom. The number of H-pyrrole nitrogens is 1. The van der Waals surface area contributed by atoms with E-state index >= 15 is 0 Å². The number of pyridine rings is 1. The zero-order valence-corrected chi connectivity index (χ0v) is 19.3. The number of hydrogen-bond donors (Lipinski definition) is 2. The molecule has 5 rings (SSSR count). The molecule has 0 saturated carbocycles. The minimum absolute atomic E-state index is 0.00450. The van der Waals surface area contributed by atoms with E-state index in [0.717, 1.165) is 12.1 Å². The molecule has 4 aromatic rings. The van der Waals surface area contributed by atoms with E-state index in [9.17, 15) is 22.0 Å². The highest BCUT2D eigenvalue weighted by molar-refractivity contribution is 5.81. The molecule has 0 fully saturated rings. The Hall–Kier alpha value is -4.48. The summed E-state index contributed by atoms with van der Waals surface area (Å²) >= 11 is 0. The fourth-order valence-corrected chi connectivity index (χ4v) is 4.01. The summed E-state index contributed by atoms with van der Waals surface area (Å²) in [6.07, 6.45) is -3.12. The van der Waals surface area contributed by atoms with Crippen molar-refractivity contribution in [3.05, 3.63) is 82.7 Å². The van der Waals surface area contributed by atoms with Crippen molar-refractivity contribution in [2.24, 2.45) is 5.10 Å². The van der Waals surface area contributed by atoms with Crippen LogP contribution in [0, 0.1) is 11.6 Å². The minimum atomic E-state index is -4.62. The number of methoxy groups -OCH3 is 1. The van der Waals surface area contributed by atoms with Crippen molar-refractivity contribution in [2.75, 3.05) is 12.8 Å². The molecule has 0 radical (unpaired) electrons. The van der Waals surface area contributed by atoms with Gasteiger partial charge in [0.1, 0.15) is 17.4 Å². The number of aromatic amines is 1. The molecule has 1 aliphatic rings. The van der Waals surface area contributed by atoms with Gasteiger partial charge in [-0.15, -0.1) is 0 Å². The molecule has 0 amide bonds. The monoisotopic (exact) mass is 514 g/mol. The van der Waals surface area contributed by atoms with Crippen molar-refractivity contribution in [3.63, 3.8) is 0 Å². The molecule has 0 unspecified atom stereocenters. The maximum atomic E-state index is 14.2. The summed E-state index contributed by atoms with van der Waals surface area (Å²) in [4.78, 5) is 11.5. The number of hydrazone groups is 1. The van der Waals surface area contributed by atoms with Crippen molar-refractivity contribution in [3.8, 4) is 28.4 Å². The number of halogens is 5. The Labute approximate surface area is 207 Å². The van der Waals surface area contributed by atoms with Gasteiger partial charge >= 0.3 is 6.18 Å². The highest BCUT2D eigenvalue weighted by atomic mass is 19.4. The minimum Gasteiger partial charge on any atom is -0.497 e. The molecule has 12 heteroatoms. The first kappa shape index (κ1) is 24.2. The Morgan fingerprint density at radius 3 is 2.59 bits per heavy atom. The lowest BCUT2D eigenvalue weighted by Gasteiger charge is -2.22. The van der Waals surface area contributed by atoms with Gasteiger partial charge in [-0.25, -0.2) is 18.7 Å². The lowest BCUT2D eigenvalue weighted by Crippen LogP contribution is -2.22. The Morgan fingerprint density at radius 1 is 1.05 bits per heavy atom. The predicted molar refractivity (Wildman–Crippen MR) is 126 cm³/mol. The van der Waals surface area contributed by atoms with E-state index in [1.165, 1.54) is 43.7 Å². The standard InChI is InChI=1S/C25H19F5N6O/c1-37-14-6-7-15(17(9-14)25(28,29)30)19-8-5-13(23(31)33-19)11-36-12-21-20(10-32-36)34-24(35-21)16-3-2-4-18(26)22(16)27/h2-10H,11-12H2,1H3,(H2,31,33)(H,34,35). The van der Waals surface area contributed by atoms with E-state index in [0.29, 0.717) is 17.0 Å². The number of hydrogen-bond acceptors (Lipinski definition) is 6. The molecular formula is C25H19F5N6O. The van der Waals surface area contributed by atoms with Crippen molar-refractivity contribution in [1.29, 1.82) is 0 Å². The van der Waals surface area contributed by atoms with Crippen LogP contribution in [0.25, 0.3) is 22.6 Å². The molecule has 3 heterocycles. The number of nitrogens with two attached hydrogens (primary N) is 1. The third kappa shape index (κ3) is 4.69. The van der Waals surface area contributed by atoms with Gasteiger partial charge in [-0.1, -0.05) is 12.1 Å². The maximum Gasteiger partial charge on any atom is 0.417 e. The van der Waals surface area contributed by atoms with Crippen LogP contribution in [0.4, 0.5) is 27.8 Å². The number of nitrogens with one attached hydrogen (secondary N) is 1. The molecule has 1 aliphatic heterocycles. The number of imidazole rings is 1. The average molecular weight is 514 g/mol. The Balaban J connectivity index is 1.37. The quantitative estimate of drug-likeness (QED) is 0.349. The number of anilines is 1. The third-order valence-electron chi connectivity index (χ3n) is 5.87. The van der Waals surface area contributed by atoms with Crippen LogP contribution in [-0.2, 0) is 19.3 Å². The van der Waals surface area contributed by atoms with Crippen LogP contribution < -0.4 is 10.5 Å². The highest BCUT2D eigenvalue weighted by Gasteiger charge is 2.34. The summed E-state index contributed by atoms with van der Waals surface area (Å²) in [7, 11) is 1.29. The van der Waals surface area contributed by atoms with Crippen LogP contribution in [0.2, 0.25) is 0 Å². The summed E-state index contributed by atoms with van der Waals surface area (Å²) in [5.74, 6) is -1.70. The molecule has 2 aromatic heterocycles. The molecule has 190 valence electrons. The lowest BCUT2D eigenvalue weighted by atomic mass is 10.0. The van der Waals surface area contributed by atoms with Crippen LogP contribution in [-0.4, -0.2) is 33.3 Å². The van der Waals surface area contributed by atoms with Crippen molar-refractivity contribution in [1.82, 2.24) is 20.0 Å². The molecule has 3 N–H and O–H groups in total. The molecule has 7 nitrogen and oxygen atoms in total. The van der Waals surface area contributed by atoms with Crippen LogP contribution in [0.15, 0.2) is 53.6 Å². The molecule has 37 heavy (non-hydrogen) atoms. The van der Waals surface area contributed by atoms with Crippen LogP contribution >= 0.6 is 0 Å². The van der Waals surface area contributed by atoms with Crippen molar-refractivity contribution < 1.29 is 26.7 Å². The van der Waals surface area contributed by atoms with E-state index in [1.54, 1.807) is 11.1 Å². The van der Waals surface area contributed by atoms with Gasteiger partial charge in [0.15, 0.2) is 11.6 Å². The van der Waals surface area contributed by atoms with Gasteiger partial charge < -0.3 is 15.5 Å². The first-order chi connectivity index (χ1) is 17.6. The van der Waals surface area contributed by atoms with Gasteiger partial charge in [0.05, 0.1) is 54.6 Å². The number of benzene rings is 2. The fourth-order valence-electron chi connectivity index (χ4n) is 4.01. The highest BCUT2D eigenvalue weighted by Crippen LogP contribution is 2.39. The van der Waals surface area contributed by atoms with Gasteiger partial charge in [0.25, 0.3) is 0 Å². The summed E-state index contributed by atoms with van der Waals surface area (Å²) in [6.45, 7) is 0.428. The van der Waals surface area contributed by atoms with Crippen molar-refractivity contribution in [2.45, 2.75) is 19.3 Å². The Kier molecular flexibility index (Phi) is 6.02. The normalized spacial score (nSPS) is 13.1. The molecule has 2 aromatic carbocycles. The summed E-state index contributed by atoms with van der Waals surface area (Å²) < 4.78 is 73.6. The summed E-state index contributed by atoms with van der Waals surface area (Å²) in [5.41, 5.74) is 6.80. The third-order valence-corrected chi connectivity index (χ3v) is 5.87. The first-order valence-corrected chi connectivity index (χ1v) is 11.0. The van der Waals surface area contributed by atoms with Crippen LogP contribution in [0.1, 0.15) is 22.5 Å².